The molecule has 0 heterocycles. The Labute approximate surface area is 562 Å². The predicted octanol–water partition coefficient (Wildman–Crippen LogP) is 20.9. The number of ether oxygens (including phenoxy) is 4. The maximum Gasteiger partial charge on any atom is 0.472 e. The first-order valence-electron chi connectivity index (χ1n) is 37.8. The molecule has 7 atom stereocenters. The molecule has 3 N–H and O–H groups in total. The Morgan fingerprint density at radius 1 is 0.304 bits per heavy atom. The summed E-state index contributed by atoms with van der Waals surface area (Å²) in [6, 6.07) is 0. The minimum atomic E-state index is -4.95. The van der Waals surface area contributed by atoms with Gasteiger partial charge in [0.05, 0.1) is 26.4 Å². The number of aliphatic hydroxyl groups excluding tert-OH is 1. The van der Waals surface area contributed by atoms with Crippen LogP contribution in [0.1, 0.15) is 364 Å². The zero-order chi connectivity index (χ0) is 68.2. The van der Waals surface area contributed by atoms with Gasteiger partial charge in [0.25, 0.3) is 0 Å². The van der Waals surface area contributed by atoms with Crippen molar-refractivity contribution in [2.24, 2.45) is 23.7 Å². The summed E-state index contributed by atoms with van der Waals surface area (Å²) in [5.74, 6) is 0.902. The summed E-state index contributed by atoms with van der Waals surface area (Å²) in [7, 11) is -9.91. The molecule has 0 saturated heterocycles. The van der Waals surface area contributed by atoms with E-state index in [1.807, 2.05) is 0 Å². The fraction of sp³-hybridized carbons (Fsp3) is 0.945. The lowest BCUT2D eigenvalue weighted by Crippen LogP contribution is -2.30. The van der Waals surface area contributed by atoms with E-state index in [0.29, 0.717) is 25.7 Å². The molecule has 0 aliphatic heterocycles. The summed E-state index contributed by atoms with van der Waals surface area (Å²) in [4.78, 5) is 72.6. The zero-order valence-electron chi connectivity index (χ0n) is 60.2. The second kappa shape index (κ2) is 62.6. The number of hydrogen-bond acceptors (Lipinski definition) is 15. The van der Waals surface area contributed by atoms with Crippen LogP contribution in [-0.4, -0.2) is 96.7 Å². The average molecular weight is 1350 g/mol. The minimum Gasteiger partial charge on any atom is -0.462 e. The van der Waals surface area contributed by atoms with E-state index in [1.165, 1.54) is 161 Å². The topological polar surface area (TPSA) is 237 Å². The van der Waals surface area contributed by atoms with Crippen LogP contribution in [0.2, 0.25) is 0 Å². The highest BCUT2D eigenvalue weighted by atomic mass is 31.2. The predicted molar refractivity (Wildman–Crippen MR) is 372 cm³/mol. The molecule has 0 aromatic carbocycles. The van der Waals surface area contributed by atoms with Crippen LogP contribution >= 0.6 is 15.6 Å². The maximum absolute atomic E-state index is 13.0. The molecule has 19 heteroatoms. The molecule has 4 unspecified atom stereocenters. The van der Waals surface area contributed by atoms with E-state index < -0.39 is 97.5 Å². The van der Waals surface area contributed by atoms with Gasteiger partial charge in [-0.15, -0.1) is 0 Å². The minimum absolute atomic E-state index is 0.104. The van der Waals surface area contributed by atoms with Crippen molar-refractivity contribution in [3.8, 4) is 0 Å². The number of unbranched alkanes of at least 4 members (excludes halogenated alkanes) is 34. The molecule has 17 nitrogen and oxygen atoms in total. The first kappa shape index (κ1) is 90.1. The number of phosphoric acid groups is 2. The van der Waals surface area contributed by atoms with Gasteiger partial charge in [0, 0.05) is 25.7 Å². The lowest BCUT2D eigenvalue weighted by atomic mass is 9.99. The molecule has 0 aromatic rings. The second-order valence-corrected chi connectivity index (χ2v) is 30.7. The van der Waals surface area contributed by atoms with E-state index in [9.17, 15) is 43.2 Å². The van der Waals surface area contributed by atoms with E-state index in [4.69, 9.17) is 37.0 Å². The van der Waals surface area contributed by atoms with Crippen LogP contribution in [0.25, 0.3) is 0 Å². The maximum atomic E-state index is 13.0. The van der Waals surface area contributed by atoms with Gasteiger partial charge in [-0.25, -0.2) is 9.13 Å². The van der Waals surface area contributed by atoms with E-state index in [0.717, 1.165) is 120 Å². The van der Waals surface area contributed by atoms with Crippen LogP contribution in [0.15, 0.2) is 0 Å². The highest BCUT2D eigenvalue weighted by Gasteiger charge is 2.30. The van der Waals surface area contributed by atoms with Crippen molar-refractivity contribution in [1.82, 2.24) is 0 Å². The Balaban J connectivity index is 5.20. The number of carbonyl (C=O) groups is 4. The smallest absolute Gasteiger partial charge is 0.462 e. The Morgan fingerprint density at radius 3 is 0.772 bits per heavy atom. The van der Waals surface area contributed by atoms with Gasteiger partial charge in [0.15, 0.2) is 12.2 Å². The summed E-state index contributed by atoms with van der Waals surface area (Å²) in [6.45, 7) is 14.1. The molecule has 0 bridgehead atoms. The quantitative estimate of drug-likeness (QED) is 0.0222. The molecule has 546 valence electrons. The molecule has 0 fully saturated rings. The molecule has 0 rings (SSSR count). The molecule has 0 amide bonds. The number of aliphatic hydroxyl groups is 1. The van der Waals surface area contributed by atoms with E-state index in [2.05, 4.69) is 55.4 Å². The van der Waals surface area contributed by atoms with Crippen LogP contribution in [0.3, 0.4) is 0 Å². The van der Waals surface area contributed by atoms with E-state index in [-0.39, 0.29) is 25.7 Å². The summed E-state index contributed by atoms with van der Waals surface area (Å²) < 4.78 is 68.4. The van der Waals surface area contributed by atoms with Crippen molar-refractivity contribution < 1.29 is 80.2 Å². The Morgan fingerprint density at radius 2 is 0.522 bits per heavy atom. The van der Waals surface area contributed by atoms with E-state index in [1.54, 1.807) is 0 Å². The summed E-state index contributed by atoms with van der Waals surface area (Å²) in [5.41, 5.74) is 0. The third-order valence-electron chi connectivity index (χ3n) is 17.5. The SMILES string of the molecule is CCC(C)CCCCCCCCCCC(=O)O[C@H](COC(=O)CCCCCCCCC(C)CC)COP(=O)(O)OC[C@H](O)COP(=O)(O)OC[C@@H](COC(=O)CCCCCCCCCCCCCCCCCCC(C)C)OC(=O)CCCCCCCCCCC(C)C. The Kier molecular flexibility index (Phi) is 61.3. The monoisotopic (exact) mass is 1350 g/mol. The molecule has 0 radical (unpaired) electrons. The van der Waals surface area contributed by atoms with Gasteiger partial charge < -0.3 is 33.8 Å². The molecule has 0 aliphatic rings. The van der Waals surface area contributed by atoms with Crippen molar-refractivity contribution in [2.75, 3.05) is 39.6 Å². The first-order valence-corrected chi connectivity index (χ1v) is 40.8. The number of carbonyl (C=O) groups excluding carboxylic acids is 4. The standard InChI is InChI=1S/C73H142O17P2/c1-9-65(7)51-43-35-27-22-24-30-40-48-56-73(78)90-69(60-84-71(76)54-46-38-32-31-36-44-52-66(8)10-2)62-88-92(81,82)86-58-67(74)57-85-91(79,80)87-61-68(89-72(77)55-47-39-29-23-21-26-34-42-50-64(5)6)59-83-70(75)53-45-37-28-20-18-16-14-12-11-13-15-17-19-25-33-41-49-63(3)4/h63-69,74H,9-62H2,1-8H3,(H,79,80)(H,81,82)/t65?,66?,67-,68-,69-/m1/s1. The second-order valence-electron chi connectivity index (χ2n) is 27.8. The third-order valence-corrected chi connectivity index (χ3v) is 19.4. The number of rotatable bonds is 70. The van der Waals surface area contributed by atoms with Crippen molar-refractivity contribution >= 4 is 39.5 Å². The van der Waals surface area contributed by atoms with Gasteiger partial charge in [-0.1, -0.05) is 312 Å². The molecule has 0 aromatic heterocycles. The van der Waals surface area contributed by atoms with Gasteiger partial charge in [-0.3, -0.25) is 37.3 Å². The van der Waals surface area contributed by atoms with Gasteiger partial charge in [-0.05, 0) is 49.4 Å². The van der Waals surface area contributed by atoms with Crippen molar-refractivity contribution in [1.29, 1.82) is 0 Å². The van der Waals surface area contributed by atoms with Gasteiger partial charge >= 0.3 is 39.5 Å². The van der Waals surface area contributed by atoms with E-state index >= 15 is 0 Å². The lowest BCUT2D eigenvalue weighted by molar-refractivity contribution is -0.161. The Bertz CT molecular complexity index is 1820. The van der Waals surface area contributed by atoms with Crippen molar-refractivity contribution in [3.63, 3.8) is 0 Å². The number of hydrogen-bond donors (Lipinski definition) is 3. The molecule has 0 saturated carbocycles. The van der Waals surface area contributed by atoms with Crippen molar-refractivity contribution in [3.05, 3.63) is 0 Å². The zero-order valence-corrected chi connectivity index (χ0v) is 62.0. The van der Waals surface area contributed by atoms with Crippen LogP contribution in [0.5, 0.6) is 0 Å². The summed E-state index contributed by atoms with van der Waals surface area (Å²) in [5, 5.41) is 10.6. The summed E-state index contributed by atoms with van der Waals surface area (Å²) >= 11 is 0. The van der Waals surface area contributed by atoms with Crippen molar-refractivity contribution in [2.45, 2.75) is 382 Å². The number of phosphoric ester groups is 2. The fourth-order valence-corrected chi connectivity index (χ4v) is 12.5. The van der Waals surface area contributed by atoms with Crippen LogP contribution in [-0.2, 0) is 65.4 Å². The highest BCUT2D eigenvalue weighted by molar-refractivity contribution is 7.47. The fourth-order valence-electron chi connectivity index (χ4n) is 11.0. The van der Waals surface area contributed by atoms with Gasteiger partial charge in [0.1, 0.15) is 19.3 Å². The third kappa shape index (κ3) is 64.1. The van der Waals surface area contributed by atoms with Crippen LogP contribution < -0.4 is 0 Å². The highest BCUT2D eigenvalue weighted by Crippen LogP contribution is 2.45. The lowest BCUT2D eigenvalue weighted by Gasteiger charge is -2.21. The molecule has 0 spiro atoms. The normalized spacial score (nSPS) is 14.8. The molecule has 0 aliphatic carbocycles. The average Bonchev–Trinajstić information content (AvgIpc) is 2.51. The number of esters is 4. The summed E-state index contributed by atoms with van der Waals surface area (Å²) in [6.07, 6.45) is 45.9. The Hall–Kier alpha value is -1.94. The van der Waals surface area contributed by atoms with Crippen LogP contribution in [0, 0.1) is 23.7 Å². The van der Waals surface area contributed by atoms with Gasteiger partial charge in [0.2, 0.25) is 0 Å². The molecular weight excluding hydrogens is 1210 g/mol. The molecule has 92 heavy (non-hydrogen) atoms. The largest absolute Gasteiger partial charge is 0.472 e. The van der Waals surface area contributed by atoms with Crippen LogP contribution in [0.4, 0.5) is 0 Å². The van der Waals surface area contributed by atoms with Gasteiger partial charge in [-0.2, -0.15) is 0 Å². The molecular formula is C73H142O17P2. The first-order chi connectivity index (χ1) is 44.2.